The summed E-state index contributed by atoms with van der Waals surface area (Å²) in [7, 11) is 0. The van der Waals surface area contributed by atoms with Gasteiger partial charge in [0.15, 0.2) is 0 Å². The average Bonchev–Trinajstić information content (AvgIpc) is 2.98. The summed E-state index contributed by atoms with van der Waals surface area (Å²) in [6.45, 7) is 4.85. The molecular formula is C18H22N2. The van der Waals surface area contributed by atoms with Crippen LogP contribution in [0.2, 0.25) is 0 Å². The fraction of sp³-hybridized carbons (Fsp3) is 0.500. The van der Waals surface area contributed by atoms with E-state index in [1.54, 1.807) is 0 Å². The van der Waals surface area contributed by atoms with Crippen LogP contribution in [-0.2, 0) is 0 Å². The first kappa shape index (κ1) is 12.2. The smallest absolute Gasteiger partial charge is 0.0745 e. The molecule has 0 spiro atoms. The van der Waals surface area contributed by atoms with Gasteiger partial charge in [-0.3, -0.25) is 0 Å². The van der Waals surface area contributed by atoms with Gasteiger partial charge in [0.25, 0.3) is 0 Å². The van der Waals surface area contributed by atoms with E-state index in [1.165, 1.54) is 29.7 Å². The predicted molar refractivity (Wildman–Crippen MR) is 82.4 cm³/mol. The van der Waals surface area contributed by atoms with Gasteiger partial charge in [-0.05, 0) is 41.2 Å². The lowest BCUT2D eigenvalue weighted by molar-refractivity contribution is -0.00174. The molecule has 1 saturated carbocycles. The third-order valence-corrected chi connectivity index (χ3v) is 5.76. The summed E-state index contributed by atoms with van der Waals surface area (Å²) < 4.78 is 0. The Hall–Kier alpha value is -1.57. The van der Waals surface area contributed by atoms with Gasteiger partial charge in [-0.15, -0.1) is 0 Å². The molecule has 0 aromatic heterocycles. The number of nitrogens with zero attached hydrogens (tertiary/aromatic N) is 1. The van der Waals surface area contributed by atoms with Gasteiger partial charge in [0.2, 0.25) is 0 Å². The molecule has 1 aromatic carbocycles. The molecule has 1 heterocycles. The number of benzene rings is 1. The van der Waals surface area contributed by atoms with Crippen LogP contribution in [0.15, 0.2) is 47.1 Å². The van der Waals surface area contributed by atoms with Crippen molar-refractivity contribution in [2.45, 2.75) is 39.2 Å². The molecule has 0 radical (unpaired) electrons. The van der Waals surface area contributed by atoms with Crippen LogP contribution in [0.3, 0.4) is 0 Å². The monoisotopic (exact) mass is 266 g/mol. The maximum absolute atomic E-state index is 4.66. The van der Waals surface area contributed by atoms with Crippen molar-refractivity contribution >= 4 is 5.71 Å². The van der Waals surface area contributed by atoms with Crippen molar-refractivity contribution < 1.29 is 0 Å². The standard InChI is InChI=1S/C18H22N2/c1-18(2)13-8-9-14(15(18)10-13)17-11-16(19-20-17)12-6-4-3-5-7-12/h3-7,9,13,15-16,19H,8,10-11H2,1-2H3. The normalized spacial score (nSPS) is 33.8. The highest BCUT2D eigenvalue weighted by atomic mass is 15.3. The van der Waals surface area contributed by atoms with Crippen molar-refractivity contribution in [1.82, 2.24) is 5.43 Å². The highest BCUT2D eigenvalue weighted by Crippen LogP contribution is 2.59. The zero-order valence-corrected chi connectivity index (χ0v) is 12.3. The predicted octanol–water partition coefficient (Wildman–Crippen LogP) is 4.07. The first-order chi connectivity index (χ1) is 9.66. The Bertz CT molecular complexity index is 583. The molecule has 3 unspecified atom stereocenters. The van der Waals surface area contributed by atoms with Crippen LogP contribution in [0.25, 0.3) is 0 Å². The summed E-state index contributed by atoms with van der Waals surface area (Å²) in [5, 5.41) is 4.66. The summed E-state index contributed by atoms with van der Waals surface area (Å²) >= 11 is 0. The second-order valence-corrected chi connectivity index (χ2v) is 7.06. The van der Waals surface area contributed by atoms with E-state index >= 15 is 0 Å². The lowest BCUT2D eigenvalue weighted by atomic mass is 9.48. The lowest BCUT2D eigenvalue weighted by Crippen LogP contribution is -2.49. The SMILES string of the molecule is CC1(C)C2CC=C(C3=NNC(c4ccccc4)C3)C1C2. The molecule has 2 nitrogen and oxygen atoms in total. The van der Waals surface area contributed by atoms with Crippen LogP contribution >= 0.6 is 0 Å². The minimum absolute atomic E-state index is 0.355. The molecule has 1 aliphatic heterocycles. The van der Waals surface area contributed by atoms with E-state index in [4.69, 9.17) is 0 Å². The van der Waals surface area contributed by atoms with Gasteiger partial charge in [-0.25, -0.2) is 0 Å². The Morgan fingerprint density at radius 1 is 1.20 bits per heavy atom. The van der Waals surface area contributed by atoms with Crippen molar-refractivity contribution in [3.05, 3.63) is 47.5 Å². The van der Waals surface area contributed by atoms with Gasteiger partial charge in [-0.1, -0.05) is 50.3 Å². The van der Waals surface area contributed by atoms with E-state index in [1.807, 2.05) is 0 Å². The second kappa shape index (κ2) is 4.21. The second-order valence-electron chi connectivity index (χ2n) is 7.06. The highest BCUT2D eigenvalue weighted by molar-refractivity contribution is 6.02. The molecule has 2 heteroatoms. The van der Waals surface area contributed by atoms with Crippen molar-refractivity contribution in [2.75, 3.05) is 0 Å². The van der Waals surface area contributed by atoms with Crippen molar-refractivity contribution in [1.29, 1.82) is 0 Å². The third kappa shape index (κ3) is 1.67. The van der Waals surface area contributed by atoms with Crippen molar-refractivity contribution in [2.24, 2.45) is 22.4 Å². The minimum Gasteiger partial charge on any atom is -0.302 e. The molecule has 1 fully saturated rings. The number of fused-ring (bicyclic) bond motifs is 1. The largest absolute Gasteiger partial charge is 0.302 e. The van der Waals surface area contributed by atoms with Crippen LogP contribution in [0.5, 0.6) is 0 Å². The van der Waals surface area contributed by atoms with Crippen molar-refractivity contribution in [3.8, 4) is 0 Å². The fourth-order valence-electron chi connectivity index (χ4n) is 4.17. The maximum atomic E-state index is 4.66. The zero-order chi connectivity index (χ0) is 13.7. The molecule has 0 amide bonds. The Morgan fingerprint density at radius 3 is 2.70 bits per heavy atom. The Morgan fingerprint density at radius 2 is 2.00 bits per heavy atom. The van der Waals surface area contributed by atoms with Crippen LogP contribution in [0, 0.1) is 17.3 Å². The van der Waals surface area contributed by atoms with Gasteiger partial charge in [-0.2, -0.15) is 5.10 Å². The fourth-order valence-corrected chi connectivity index (χ4v) is 4.17. The Kier molecular flexibility index (Phi) is 2.57. The zero-order valence-electron chi connectivity index (χ0n) is 12.3. The topological polar surface area (TPSA) is 24.4 Å². The number of allylic oxidation sites excluding steroid dienone is 2. The van der Waals surface area contributed by atoms with E-state index in [2.05, 4.69) is 60.8 Å². The molecule has 20 heavy (non-hydrogen) atoms. The van der Waals surface area contributed by atoms with Crippen molar-refractivity contribution in [3.63, 3.8) is 0 Å². The number of rotatable bonds is 2. The number of hydrazone groups is 1. The van der Waals surface area contributed by atoms with Crippen LogP contribution in [0.4, 0.5) is 0 Å². The maximum Gasteiger partial charge on any atom is 0.0745 e. The molecule has 0 saturated heterocycles. The molecule has 3 aliphatic carbocycles. The number of hydrogen-bond donors (Lipinski definition) is 1. The van der Waals surface area contributed by atoms with Crippen LogP contribution in [-0.4, -0.2) is 5.71 Å². The first-order valence-electron chi connectivity index (χ1n) is 7.73. The molecule has 3 atom stereocenters. The van der Waals surface area contributed by atoms with Gasteiger partial charge in [0.1, 0.15) is 0 Å². The van der Waals surface area contributed by atoms with E-state index in [9.17, 15) is 0 Å². The summed E-state index contributed by atoms with van der Waals surface area (Å²) in [6, 6.07) is 11.0. The number of hydrogen-bond acceptors (Lipinski definition) is 2. The Labute approximate surface area is 121 Å². The third-order valence-electron chi connectivity index (χ3n) is 5.76. The molecule has 2 bridgehead atoms. The molecule has 5 rings (SSSR count). The summed E-state index contributed by atoms with van der Waals surface area (Å²) in [4.78, 5) is 0. The molecule has 104 valence electrons. The number of nitrogens with one attached hydrogen (secondary N) is 1. The highest BCUT2D eigenvalue weighted by Gasteiger charge is 2.52. The molecule has 1 N–H and O–H groups in total. The average molecular weight is 266 g/mol. The lowest BCUT2D eigenvalue weighted by Gasteiger charge is -2.56. The Balaban J connectivity index is 1.53. The minimum atomic E-state index is 0.355. The summed E-state index contributed by atoms with van der Waals surface area (Å²) in [5.74, 6) is 1.63. The van der Waals surface area contributed by atoms with E-state index < -0.39 is 0 Å². The van der Waals surface area contributed by atoms with Gasteiger partial charge in [0.05, 0.1) is 11.8 Å². The molecule has 1 aromatic rings. The quantitative estimate of drug-likeness (QED) is 0.857. The van der Waals surface area contributed by atoms with Gasteiger partial charge < -0.3 is 5.43 Å². The molecule has 4 aliphatic rings. The molecular weight excluding hydrogens is 244 g/mol. The van der Waals surface area contributed by atoms with E-state index in [-0.39, 0.29) is 0 Å². The van der Waals surface area contributed by atoms with Gasteiger partial charge in [0, 0.05) is 6.42 Å². The van der Waals surface area contributed by atoms with E-state index in [0.717, 1.165) is 18.3 Å². The van der Waals surface area contributed by atoms with E-state index in [0.29, 0.717) is 11.5 Å². The first-order valence-corrected chi connectivity index (χ1v) is 7.73. The summed E-state index contributed by atoms with van der Waals surface area (Å²) in [5.41, 5.74) is 7.99. The van der Waals surface area contributed by atoms with Gasteiger partial charge >= 0.3 is 0 Å². The summed E-state index contributed by atoms with van der Waals surface area (Å²) in [6.07, 6.45) is 6.10. The van der Waals surface area contributed by atoms with Crippen LogP contribution < -0.4 is 5.43 Å². The van der Waals surface area contributed by atoms with Crippen LogP contribution in [0.1, 0.15) is 44.7 Å².